The third kappa shape index (κ3) is 5.94. The van der Waals surface area contributed by atoms with Crippen LogP contribution in [-0.4, -0.2) is 32.3 Å². The average molecular weight is 393 g/mol. The molecule has 2 rings (SSSR count). The predicted octanol–water partition coefficient (Wildman–Crippen LogP) is 3.25. The normalized spacial score (nSPS) is 13.0. The van der Waals surface area contributed by atoms with Crippen LogP contribution in [0.1, 0.15) is 37.4 Å². The van der Waals surface area contributed by atoms with E-state index >= 15 is 0 Å². The molecular formula is C20H28N2O4S. The van der Waals surface area contributed by atoms with E-state index < -0.39 is 16.1 Å². The fourth-order valence-electron chi connectivity index (χ4n) is 2.79. The molecule has 1 aromatic carbocycles. The summed E-state index contributed by atoms with van der Waals surface area (Å²) in [4.78, 5) is 14.6. The second-order valence-corrected chi connectivity index (χ2v) is 9.04. The van der Waals surface area contributed by atoms with Gasteiger partial charge in [-0.3, -0.25) is 4.79 Å². The third-order valence-corrected chi connectivity index (χ3v) is 5.69. The molecule has 1 heterocycles. The third-order valence-electron chi connectivity index (χ3n) is 4.20. The van der Waals surface area contributed by atoms with Gasteiger partial charge in [0.2, 0.25) is 15.9 Å². The monoisotopic (exact) mass is 392 g/mol. The number of benzene rings is 1. The van der Waals surface area contributed by atoms with Crippen molar-refractivity contribution in [2.24, 2.45) is 5.92 Å². The van der Waals surface area contributed by atoms with Crippen LogP contribution in [0.2, 0.25) is 0 Å². The molecule has 1 amide bonds. The molecule has 0 spiro atoms. The molecule has 0 saturated carbocycles. The molecule has 0 saturated heterocycles. The van der Waals surface area contributed by atoms with Crippen molar-refractivity contribution in [3.05, 3.63) is 53.5 Å². The number of likely N-dealkylation sites (N-methyl/N-ethyl adjacent to an activating group) is 1. The number of sulfonamides is 1. The van der Waals surface area contributed by atoms with Gasteiger partial charge >= 0.3 is 0 Å². The van der Waals surface area contributed by atoms with Gasteiger partial charge in [-0.25, -0.2) is 8.42 Å². The van der Waals surface area contributed by atoms with E-state index in [9.17, 15) is 13.2 Å². The number of rotatable bonds is 8. The van der Waals surface area contributed by atoms with Crippen LogP contribution < -0.4 is 4.72 Å². The van der Waals surface area contributed by atoms with E-state index in [4.69, 9.17) is 4.42 Å². The van der Waals surface area contributed by atoms with Crippen molar-refractivity contribution in [2.45, 2.75) is 51.6 Å². The summed E-state index contributed by atoms with van der Waals surface area (Å²) in [7, 11) is -2.14. The van der Waals surface area contributed by atoms with Crippen LogP contribution in [0.4, 0.5) is 0 Å². The number of hydrogen-bond donors (Lipinski definition) is 1. The first kappa shape index (κ1) is 21.2. The fraction of sp³-hybridized carbons (Fsp3) is 0.450. The molecule has 0 radical (unpaired) electrons. The summed E-state index contributed by atoms with van der Waals surface area (Å²) in [6.45, 7) is 7.92. The molecule has 0 aliphatic rings. The quantitative estimate of drug-likeness (QED) is 0.748. The Kier molecular flexibility index (Phi) is 6.84. The number of hydrogen-bond acceptors (Lipinski definition) is 4. The van der Waals surface area contributed by atoms with E-state index in [0.717, 1.165) is 11.3 Å². The Morgan fingerprint density at radius 3 is 2.26 bits per heavy atom. The summed E-state index contributed by atoms with van der Waals surface area (Å²) in [6, 6.07) is 9.37. The number of carbonyl (C=O) groups excluding carboxylic acids is 1. The molecule has 0 fully saturated rings. The lowest BCUT2D eigenvalue weighted by Crippen LogP contribution is -2.47. The Labute approximate surface area is 161 Å². The van der Waals surface area contributed by atoms with Gasteiger partial charge in [-0.15, -0.1) is 0 Å². The molecule has 148 valence electrons. The first-order valence-electron chi connectivity index (χ1n) is 8.98. The molecular weight excluding hydrogens is 364 g/mol. The Morgan fingerprint density at radius 2 is 1.74 bits per heavy atom. The number of amides is 1. The van der Waals surface area contributed by atoms with Crippen molar-refractivity contribution in [1.82, 2.24) is 9.62 Å². The molecule has 1 atom stereocenters. The lowest BCUT2D eigenvalue weighted by molar-refractivity contribution is -0.132. The van der Waals surface area contributed by atoms with E-state index in [2.05, 4.69) is 4.72 Å². The van der Waals surface area contributed by atoms with Gasteiger partial charge in [0.1, 0.15) is 17.6 Å². The largest absolute Gasteiger partial charge is 0.464 e. The second-order valence-electron chi connectivity index (χ2n) is 7.32. The summed E-state index contributed by atoms with van der Waals surface area (Å²) in [5.74, 6) is 1.30. The summed E-state index contributed by atoms with van der Waals surface area (Å²) in [5, 5.41) is 0. The SMILES string of the molecule is Cc1ccc(S(=O)(=O)NC(CC(C)C)C(=O)N(C)Cc2ccc(C)o2)cc1. The van der Waals surface area contributed by atoms with Gasteiger partial charge in [-0.2, -0.15) is 4.72 Å². The number of furan rings is 1. The van der Waals surface area contributed by atoms with Crippen molar-refractivity contribution < 1.29 is 17.6 Å². The smallest absolute Gasteiger partial charge is 0.241 e. The first-order chi connectivity index (χ1) is 12.6. The molecule has 7 heteroatoms. The maximum atomic E-state index is 12.9. The minimum Gasteiger partial charge on any atom is -0.464 e. The molecule has 6 nitrogen and oxygen atoms in total. The average Bonchev–Trinajstić information content (AvgIpc) is 2.98. The number of nitrogens with zero attached hydrogens (tertiary/aromatic N) is 1. The maximum absolute atomic E-state index is 12.9. The standard InChI is InChI=1S/C20H28N2O4S/c1-14(2)12-19(20(23)22(5)13-17-9-8-16(4)26-17)21-27(24,25)18-10-6-15(3)7-11-18/h6-11,14,19,21H,12-13H2,1-5H3. The highest BCUT2D eigenvalue weighted by molar-refractivity contribution is 7.89. The van der Waals surface area contributed by atoms with Crippen molar-refractivity contribution in [3.63, 3.8) is 0 Å². The zero-order chi connectivity index (χ0) is 20.2. The topological polar surface area (TPSA) is 79.6 Å². The molecule has 0 aliphatic carbocycles. The van der Waals surface area contributed by atoms with Crippen LogP contribution in [0, 0.1) is 19.8 Å². The van der Waals surface area contributed by atoms with Crippen LogP contribution in [0.25, 0.3) is 0 Å². The summed E-state index contributed by atoms with van der Waals surface area (Å²) >= 11 is 0. The molecule has 0 bridgehead atoms. The van der Waals surface area contributed by atoms with Gasteiger partial charge in [-0.05, 0) is 50.5 Å². The van der Waals surface area contributed by atoms with Crippen LogP contribution in [0.5, 0.6) is 0 Å². The molecule has 1 aromatic heterocycles. The second kappa shape index (κ2) is 8.71. The van der Waals surface area contributed by atoms with E-state index in [0.29, 0.717) is 12.2 Å². The molecule has 1 unspecified atom stereocenters. The highest BCUT2D eigenvalue weighted by Crippen LogP contribution is 2.16. The zero-order valence-corrected chi connectivity index (χ0v) is 17.3. The maximum Gasteiger partial charge on any atom is 0.241 e. The minimum absolute atomic E-state index is 0.152. The van der Waals surface area contributed by atoms with E-state index in [-0.39, 0.29) is 23.3 Å². The number of carbonyl (C=O) groups is 1. The molecule has 2 aromatic rings. The van der Waals surface area contributed by atoms with Gasteiger partial charge < -0.3 is 9.32 Å². The van der Waals surface area contributed by atoms with E-state index in [1.54, 1.807) is 31.3 Å². The van der Waals surface area contributed by atoms with Gasteiger partial charge in [0.15, 0.2) is 0 Å². The molecule has 0 aliphatic heterocycles. The van der Waals surface area contributed by atoms with Crippen LogP contribution in [0.15, 0.2) is 45.7 Å². The van der Waals surface area contributed by atoms with Gasteiger partial charge in [0, 0.05) is 7.05 Å². The Hall–Kier alpha value is -2.12. The summed E-state index contributed by atoms with van der Waals surface area (Å²) < 4.78 is 33.5. The Morgan fingerprint density at radius 1 is 1.11 bits per heavy atom. The van der Waals surface area contributed by atoms with Crippen LogP contribution in [-0.2, 0) is 21.4 Å². The predicted molar refractivity (Wildman–Crippen MR) is 105 cm³/mol. The van der Waals surface area contributed by atoms with Gasteiger partial charge in [-0.1, -0.05) is 31.5 Å². The van der Waals surface area contributed by atoms with Crippen LogP contribution in [0.3, 0.4) is 0 Å². The Bertz CT molecular complexity index is 870. The van der Waals surface area contributed by atoms with Crippen molar-refractivity contribution >= 4 is 15.9 Å². The highest BCUT2D eigenvalue weighted by atomic mass is 32.2. The molecule has 27 heavy (non-hydrogen) atoms. The van der Waals surface area contributed by atoms with Crippen molar-refractivity contribution in [1.29, 1.82) is 0 Å². The van der Waals surface area contributed by atoms with Crippen LogP contribution >= 0.6 is 0 Å². The van der Waals surface area contributed by atoms with Gasteiger partial charge in [0.05, 0.1) is 11.4 Å². The number of aryl methyl sites for hydroxylation is 2. The first-order valence-corrected chi connectivity index (χ1v) is 10.5. The highest BCUT2D eigenvalue weighted by Gasteiger charge is 2.29. The zero-order valence-electron chi connectivity index (χ0n) is 16.5. The summed E-state index contributed by atoms with van der Waals surface area (Å²) in [6.07, 6.45) is 0.408. The minimum atomic E-state index is -3.79. The van der Waals surface area contributed by atoms with E-state index in [1.165, 1.54) is 4.90 Å². The van der Waals surface area contributed by atoms with Gasteiger partial charge in [0.25, 0.3) is 0 Å². The van der Waals surface area contributed by atoms with Crippen molar-refractivity contribution in [3.8, 4) is 0 Å². The Balaban J connectivity index is 2.17. The van der Waals surface area contributed by atoms with Crippen molar-refractivity contribution in [2.75, 3.05) is 7.05 Å². The molecule has 1 N–H and O–H groups in total. The van der Waals surface area contributed by atoms with E-state index in [1.807, 2.05) is 39.8 Å². The lowest BCUT2D eigenvalue weighted by atomic mass is 10.0. The summed E-state index contributed by atoms with van der Waals surface area (Å²) in [5.41, 5.74) is 0.970. The fourth-order valence-corrected chi connectivity index (χ4v) is 3.99. The number of nitrogens with one attached hydrogen (secondary N) is 1. The lowest BCUT2D eigenvalue weighted by Gasteiger charge is -2.25.